The molecule has 32 heavy (non-hydrogen) atoms. The highest BCUT2D eigenvalue weighted by Gasteiger charge is 2.52. The maximum Gasteiger partial charge on any atom is 0.417 e. The van der Waals surface area contributed by atoms with Crippen LogP contribution in [-0.4, -0.2) is 41.0 Å². The fourth-order valence-electron chi connectivity index (χ4n) is 4.12. The van der Waals surface area contributed by atoms with Gasteiger partial charge in [0.25, 0.3) is 0 Å². The lowest BCUT2D eigenvalue weighted by Crippen LogP contribution is -2.44. The molecule has 0 heterocycles. The number of ether oxygens (including phenoxy) is 1. The summed E-state index contributed by atoms with van der Waals surface area (Å²) in [5.41, 5.74) is -2.72. The third-order valence-electron chi connectivity index (χ3n) is 6.14. The minimum atomic E-state index is -4.69. The highest BCUT2D eigenvalue weighted by Crippen LogP contribution is 2.39. The molecule has 1 aliphatic rings. The minimum Gasteiger partial charge on any atom is -0.460 e. The van der Waals surface area contributed by atoms with Gasteiger partial charge in [0.15, 0.2) is 5.60 Å². The average molecular weight is 463 g/mol. The third-order valence-corrected chi connectivity index (χ3v) is 6.14. The van der Waals surface area contributed by atoms with E-state index in [0.29, 0.717) is 38.5 Å². The van der Waals surface area contributed by atoms with Gasteiger partial charge in [-0.15, -0.1) is 0 Å². The molecule has 0 bridgehead atoms. The SMILES string of the molecule is CCCCC(O)(CC=C[C@H]1CCC(=O)[C@@H]1CCCCCCC(=O)C(=O)OCC)C(F)(F)F. The number of halogens is 3. The van der Waals surface area contributed by atoms with E-state index >= 15 is 0 Å². The second kappa shape index (κ2) is 13.8. The fraction of sp³-hybridized carbons (Fsp3) is 0.792. The predicted molar refractivity (Wildman–Crippen MR) is 115 cm³/mol. The number of carbonyl (C=O) groups excluding carboxylic acids is 3. The van der Waals surface area contributed by atoms with Gasteiger partial charge in [-0.05, 0) is 38.5 Å². The summed E-state index contributed by atoms with van der Waals surface area (Å²) in [5, 5.41) is 10.1. The van der Waals surface area contributed by atoms with E-state index in [1.165, 1.54) is 6.08 Å². The summed E-state index contributed by atoms with van der Waals surface area (Å²) < 4.78 is 44.5. The molecule has 0 aromatic carbocycles. The topological polar surface area (TPSA) is 80.7 Å². The quantitative estimate of drug-likeness (QED) is 0.151. The summed E-state index contributed by atoms with van der Waals surface area (Å²) >= 11 is 0. The zero-order valence-corrected chi connectivity index (χ0v) is 19.2. The standard InChI is InChI=1S/C24H37F3O5/c1-3-5-16-23(31,24(25,26)27)17-10-11-18-14-15-20(28)19(18)12-8-6-7-9-13-21(29)22(30)32-4-2/h10-11,18-19,31H,3-9,12-17H2,1-2H3/t18-,19+,23?/m0/s1. The molecule has 1 N–H and O–H groups in total. The molecule has 1 unspecified atom stereocenters. The third kappa shape index (κ3) is 9.04. The molecule has 0 aromatic rings. The second-order valence-electron chi connectivity index (χ2n) is 8.64. The zero-order valence-electron chi connectivity index (χ0n) is 19.2. The molecule has 0 spiro atoms. The molecule has 0 saturated heterocycles. The molecule has 0 aromatic heterocycles. The van der Waals surface area contributed by atoms with Gasteiger partial charge in [0.1, 0.15) is 5.78 Å². The number of alkyl halides is 3. The molecule has 1 aliphatic carbocycles. The van der Waals surface area contributed by atoms with Gasteiger partial charge < -0.3 is 9.84 Å². The van der Waals surface area contributed by atoms with Gasteiger partial charge in [0, 0.05) is 25.2 Å². The number of allylic oxidation sites excluding steroid dienone is 1. The van der Waals surface area contributed by atoms with Crippen LogP contribution in [-0.2, 0) is 19.1 Å². The number of aliphatic hydroxyl groups is 1. The Kier molecular flexibility index (Phi) is 12.2. The first-order valence-corrected chi connectivity index (χ1v) is 11.7. The van der Waals surface area contributed by atoms with Crippen LogP contribution in [0.3, 0.4) is 0 Å². The summed E-state index contributed by atoms with van der Waals surface area (Å²) in [6, 6.07) is 0. The molecule has 8 heteroatoms. The highest BCUT2D eigenvalue weighted by molar-refractivity contribution is 6.33. The van der Waals surface area contributed by atoms with Crippen LogP contribution in [0.1, 0.15) is 90.9 Å². The Balaban J connectivity index is 2.45. The van der Waals surface area contributed by atoms with E-state index in [-0.39, 0.29) is 37.1 Å². The Morgan fingerprint density at radius 1 is 1.12 bits per heavy atom. The van der Waals surface area contributed by atoms with Crippen molar-refractivity contribution in [2.24, 2.45) is 11.8 Å². The first-order chi connectivity index (χ1) is 15.1. The molecule has 1 saturated carbocycles. The average Bonchev–Trinajstić information content (AvgIpc) is 3.07. The van der Waals surface area contributed by atoms with E-state index < -0.39 is 30.0 Å². The second-order valence-corrected chi connectivity index (χ2v) is 8.64. The van der Waals surface area contributed by atoms with Crippen molar-refractivity contribution in [3.05, 3.63) is 12.2 Å². The van der Waals surface area contributed by atoms with Gasteiger partial charge in [0.2, 0.25) is 5.78 Å². The van der Waals surface area contributed by atoms with Crippen molar-refractivity contribution < 1.29 is 37.4 Å². The fourth-order valence-corrected chi connectivity index (χ4v) is 4.12. The Morgan fingerprint density at radius 2 is 1.81 bits per heavy atom. The van der Waals surface area contributed by atoms with E-state index in [1.54, 1.807) is 19.9 Å². The molecule has 0 aliphatic heterocycles. The van der Waals surface area contributed by atoms with E-state index in [4.69, 9.17) is 0 Å². The molecular formula is C24H37F3O5. The van der Waals surface area contributed by atoms with Crippen LogP contribution in [0.25, 0.3) is 0 Å². The van der Waals surface area contributed by atoms with E-state index in [2.05, 4.69) is 4.74 Å². The first kappa shape index (κ1) is 28.3. The first-order valence-electron chi connectivity index (χ1n) is 11.7. The lowest BCUT2D eigenvalue weighted by Gasteiger charge is -2.29. The van der Waals surface area contributed by atoms with Gasteiger partial charge >= 0.3 is 12.1 Å². The summed E-state index contributed by atoms with van der Waals surface area (Å²) in [7, 11) is 0. The number of esters is 1. The van der Waals surface area contributed by atoms with E-state index in [1.807, 2.05) is 0 Å². The smallest absolute Gasteiger partial charge is 0.417 e. The molecule has 1 fully saturated rings. The number of hydrogen-bond donors (Lipinski definition) is 1. The predicted octanol–water partition coefficient (Wildman–Crippen LogP) is 5.48. The number of ketones is 2. The Labute approximate surface area is 188 Å². The molecule has 0 radical (unpaired) electrons. The van der Waals surface area contributed by atoms with Crippen molar-refractivity contribution in [2.45, 2.75) is 103 Å². The van der Waals surface area contributed by atoms with Gasteiger partial charge in [-0.1, -0.05) is 51.2 Å². The largest absolute Gasteiger partial charge is 0.460 e. The van der Waals surface area contributed by atoms with Crippen LogP contribution in [0.2, 0.25) is 0 Å². The van der Waals surface area contributed by atoms with Crippen LogP contribution >= 0.6 is 0 Å². The maximum absolute atomic E-state index is 13.3. The van der Waals surface area contributed by atoms with Crippen molar-refractivity contribution in [2.75, 3.05) is 6.61 Å². The molecule has 3 atom stereocenters. The van der Waals surface area contributed by atoms with Crippen LogP contribution in [0.5, 0.6) is 0 Å². The minimum absolute atomic E-state index is 0.100. The molecule has 5 nitrogen and oxygen atoms in total. The monoisotopic (exact) mass is 462 g/mol. The number of carbonyl (C=O) groups is 3. The molecule has 1 rings (SSSR count). The van der Waals surface area contributed by atoms with E-state index in [0.717, 1.165) is 19.3 Å². The van der Waals surface area contributed by atoms with Crippen LogP contribution in [0, 0.1) is 11.8 Å². The van der Waals surface area contributed by atoms with E-state index in [9.17, 15) is 32.7 Å². The number of hydrogen-bond acceptors (Lipinski definition) is 5. The lowest BCUT2D eigenvalue weighted by atomic mass is 9.87. The Bertz CT molecular complexity index is 644. The number of unbranched alkanes of at least 4 members (excludes halogenated alkanes) is 4. The summed E-state index contributed by atoms with van der Waals surface area (Å²) in [6.45, 7) is 3.59. The van der Waals surface area contributed by atoms with Gasteiger partial charge in [-0.25, -0.2) is 4.79 Å². The Hall–Kier alpha value is -1.70. The lowest BCUT2D eigenvalue weighted by molar-refractivity contribution is -0.261. The zero-order chi connectivity index (χ0) is 24.2. The summed E-state index contributed by atoms with van der Waals surface area (Å²) in [5.74, 6) is -1.50. The highest BCUT2D eigenvalue weighted by atomic mass is 19.4. The number of rotatable bonds is 15. The van der Waals surface area contributed by atoms with Crippen molar-refractivity contribution in [1.29, 1.82) is 0 Å². The van der Waals surface area contributed by atoms with Gasteiger partial charge in [0.05, 0.1) is 6.61 Å². The number of Topliss-reactive ketones (excluding diaryl/α,β-unsaturated/α-hetero) is 2. The van der Waals surface area contributed by atoms with Crippen molar-refractivity contribution in [3.63, 3.8) is 0 Å². The maximum atomic E-state index is 13.3. The summed E-state index contributed by atoms with van der Waals surface area (Å²) in [6.07, 6.45) is 3.16. The van der Waals surface area contributed by atoms with Gasteiger partial charge in [-0.3, -0.25) is 9.59 Å². The molecular weight excluding hydrogens is 425 g/mol. The Morgan fingerprint density at radius 3 is 2.44 bits per heavy atom. The summed E-state index contributed by atoms with van der Waals surface area (Å²) in [4.78, 5) is 35.0. The van der Waals surface area contributed by atoms with Crippen LogP contribution < -0.4 is 0 Å². The van der Waals surface area contributed by atoms with Crippen molar-refractivity contribution in [1.82, 2.24) is 0 Å². The van der Waals surface area contributed by atoms with Gasteiger partial charge in [-0.2, -0.15) is 13.2 Å². The molecule has 0 amide bonds. The van der Waals surface area contributed by atoms with Crippen LogP contribution in [0.15, 0.2) is 12.2 Å². The normalized spacial score (nSPS) is 21.1. The van der Waals surface area contributed by atoms with Crippen LogP contribution in [0.4, 0.5) is 13.2 Å². The van der Waals surface area contributed by atoms with Crippen molar-refractivity contribution >= 4 is 17.5 Å². The molecule has 184 valence electrons. The van der Waals surface area contributed by atoms with Crippen molar-refractivity contribution in [3.8, 4) is 0 Å².